The second-order valence-electron chi connectivity index (χ2n) is 8.54. The monoisotopic (exact) mass is 518 g/mol. The van der Waals surface area contributed by atoms with Gasteiger partial charge in [-0.2, -0.15) is 0 Å². The van der Waals surface area contributed by atoms with Gasteiger partial charge in [0.25, 0.3) is 10.0 Å². The average Bonchev–Trinajstić information content (AvgIpc) is 3.47. The number of hydrogen-bond acceptors (Lipinski definition) is 7. The Labute approximate surface area is 214 Å². The van der Waals surface area contributed by atoms with Crippen LogP contribution in [0.3, 0.4) is 0 Å². The Morgan fingerprint density at radius 2 is 1.76 bits per heavy atom. The third-order valence-corrected chi connectivity index (χ3v) is 7.84. The molecule has 190 valence electrons. The average molecular weight is 519 g/mol. The van der Waals surface area contributed by atoms with Crippen LogP contribution in [0.2, 0.25) is 0 Å². The molecule has 0 saturated carbocycles. The summed E-state index contributed by atoms with van der Waals surface area (Å²) in [4.78, 5) is 17.2. The number of benzene rings is 2. The minimum absolute atomic E-state index is 0.196. The zero-order valence-electron chi connectivity index (χ0n) is 20.6. The Hall–Kier alpha value is -4.15. The Balaban J connectivity index is 1.74. The van der Waals surface area contributed by atoms with Crippen molar-refractivity contribution in [2.24, 2.45) is 0 Å². The van der Waals surface area contributed by atoms with Crippen LogP contribution in [0.5, 0.6) is 0 Å². The van der Waals surface area contributed by atoms with Gasteiger partial charge < -0.3 is 14.8 Å². The number of anilines is 1. The van der Waals surface area contributed by atoms with Gasteiger partial charge in [-0.05, 0) is 37.3 Å². The second-order valence-corrected chi connectivity index (χ2v) is 10.4. The lowest BCUT2D eigenvalue weighted by molar-refractivity contribution is 0.0600. The molecular formula is C27H26N4O5S. The van der Waals surface area contributed by atoms with Crippen molar-refractivity contribution < 1.29 is 22.7 Å². The van der Waals surface area contributed by atoms with Gasteiger partial charge in [0.2, 0.25) is 0 Å². The van der Waals surface area contributed by atoms with Gasteiger partial charge in [0, 0.05) is 37.0 Å². The number of fused-ring (bicyclic) bond motifs is 2. The number of aromatic nitrogens is 3. The maximum absolute atomic E-state index is 13.7. The highest BCUT2D eigenvalue weighted by atomic mass is 32.2. The number of aryl methyl sites for hydroxylation is 1. The molecule has 5 aromatic rings. The lowest BCUT2D eigenvalue weighted by Crippen LogP contribution is -2.12. The predicted octanol–water partition coefficient (Wildman–Crippen LogP) is 4.35. The molecule has 0 aliphatic carbocycles. The molecule has 0 saturated heterocycles. The molecular weight excluding hydrogens is 492 g/mol. The van der Waals surface area contributed by atoms with Crippen LogP contribution >= 0.6 is 0 Å². The van der Waals surface area contributed by atoms with E-state index < -0.39 is 16.0 Å². The van der Waals surface area contributed by atoms with E-state index in [1.54, 1.807) is 72.4 Å². The standard InChI is InChI=1S/C27H26N4O5S/c1-18-8-11-20(12-9-18)37(33,34)31-17-22(21-6-4-5-7-23(21)31)25-26(28-14-15-35-2)30-16-19(27(32)36-3)10-13-24(30)29-25/h4-13,16-17,28H,14-15H2,1-3H3. The van der Waals surface area contributed by atoms with Crippen LogP contribution in [0.1, 0.15) is 15.9 Å². The summed E-state index contributed by atoms with van der Waals surface area (Å²) < 4.78 is 40.5. The number of nitrogens with zero attached hydrogens (tertiary/aromatic N) is 3. The van der Waals surface area contributed by atoms with E-state index in [2.05, 4.69) is 5.32 Å². The number of para-hydroxylation sites is 1. The first-order chi connectivity index (χ1) is 17.8. The fourth-order valence-electron chi connectivity index (χ4n) is 4.27. The molecule has 0 unspecified atom stereocenters. The third-order valence-electron chi connectivity index (χ3n) is 6.15. The lowest BCUT2D eigenvalue weighted by Gasteiger charge is -2.09. The summed E-state index contributed by atoms with van der Waals surface area (Å²) >= 11 is 0. The van der Waals surface area contributed by atoms with Crippen molar-refractivity contribution in [2.75, 3.05) is 32.7 Å². The van der Waals surface area contributed by atoms with E-state index in [1.807, 2.05) is 19.1 Å². The summed E-state index contributed by atoms with van der Waals surface area (Å²) in [6.45, 7) is 2.82. The summed E-state index contributed by atoms with van der Waals surface area (Å²) in [6.07, 6.45) is 3.25. The number of imidazole rings is 1. The van der Waals surface area contributed by atoms with Gasteiger partial charge in [-0.3, -0.25) is 4.40 Å². The van der Waals surface area contributed by atoms with Crippen LogP contribution in [0.15, 0.2) is 78.0 Å². The number of pyridine rings is 1. The van der Waals surface area contributed by atoms with Gasteiger partial charge in [0.05, 0.1) is 29.7 Å². The van der Waals surface area contributed by atoms with E-state index in [-0.39, 0.29) is 4.90 Å². The van der Waals surface area contributed by atoms with Crippen LogP contribution in [0.4, 0.5) is 5.82 Å². The Kier molecular flexibility index (Phi) is 6.45. The molecule has 0 radical (unpaired) electrons. The van der Waals surface area contributed by atoms with Crippen LogP contribution in [-0.4, -0.2) is 55.1 Å². The number of carbonyl (C=O) groups is 1. The van der Waals surface area contributed by atoms with Crippen molar-refractivity contribution in [1.29, 1.82) is 0 Å². The Morgan fingerprint density at radius 1 is 1.00 bits per heavy atom. The number of rotatable bonds is 8. The van der Waals surface area contributed by atoms with E-state index in [0.717, 1.165) is 10.9 Å². The first kappa shape index (κ1) is 24.5. The highest BCUT2D eigenvalue weighted by Crippen LogP contribution is 2.37. The molecule has 5 rings (SSSR count). The number of methoxy groups -OCH3 is 2. The maximum atomic E-state index is 13.7. The molecule has 1 N–H and O–H groups in total. The zero-order valence-corrected chi connectivity index (χ0v) is 21.5. The van der Waals surface area contributed by atoms with Crippen LogP contribution in [-0.2, 0) is 19.5 Å². The first-order valence-electron chi connectivity index (χ1n) is 11.6. The molecule has 3 aromatic heterocycles. The summed E-state index contributed by atoms with van der Waals surface area (Å²) in [6, 6.07) is 17.4. The van der Waals surface area contributed by atoms with Crippen molar-refractivity contribution in [1.82, 2.24) is 13.4 Å². The van der Waals surface area contributed by atoms with Crippen LogP contribution in [0, 0.1) is 6.92 Å². The molecule has 3 heterocycles. The minimum atomic E-state index is -3.87. The summed E-state index contributed by atoms with van der Waals surface area (Å²) in [5.41, 5.74) is 3.63. The second kappa shape index (κ2) is 9.72. The third kappa shape index (κ3) is 4.34. The number of ether oxygens (including phenoxy) is 2. The molecule has 0 amide bonds. The smallest absolute Gasteiger partial charge is 0.339 e. The van der Waals surface area contributed by atoms with Crippen molar-refractivity contribution in [2.45, 2.75) is 11.8 Å². The van der Waals surface area contributed by atoms with E-state index in [0.29, 0.717) is 47.0 Å². The molecule has 37 heavy (non-hydrogen) atoms. The Morgan fingerprint density at radius 3 is 2.49 bits per heavy atom. The van der Waals surface area contributed by atoms with E-state index in [9.17, 15) is 13.2 Å². The van der Waals surface area contributed by atoms with Gasteiger partial charge in [-0.15, -0.1) is 0 Å². The summed E-state index contributed by atoms with van der Waals surface area (Å²) in [5.74, 6) is 0.134. The lowest BCUT2D eigenvalue weighted by atomic mass is 10.1. The zero-order chi connectivity index (χ0) is 26.2. The minimum Gasteiger partial charge on any atom is -0.465 e. The molecule has 0 atom stereocenters. The molecule has 0 aliphatic heterocycles. The molecule has 0 spiro atoms. The normalized spacial score (nSPS) is 11.8. The van der Waals surface area contributed by atoms with Crippen molar-refractivity contribution >= 4 is 38.4 Å². The topological polar surface area (TPSA) is 104 Å². The first-order valence-corrected chi connectivity index (χ1v) is 13.0. The highest BCUT2D eigenvalue weighted by molar-refractivity contribution is 7.90. The quantitative estimate of drug-likeness (QED) is 0.241. The van der Waals surface area contributed by atoms with Gasteiger partial charge in [-0.25, -0.2) is 22.2 Å². The fourth-order valence-corrected chi connectivity index (χ4v) is 5.64. The number of esters is 1. The molecule has 0 bridgehead atoms. The molecule has 10 heteroatoms. The van der Waals surface area contributed by atoms with Gasteiger partial charge in [-0.1, -0.05) is 35.9 Å². The van der Waals surface area contributed by atoms with Crippen molar-refractivity contribution in [3.05, 3.63) is 84.2 Å². The molecule has 0 aliphatic rings. The van der Waals surface area contributed by atoms with E-state index in [4.69, 9.17) is 14.5 Å². The molecule has 2 aromatic carbocycles. The van der Waals surface area contributed by atoms with Crippen molar-refractivity contribution in [3.8, 4) is 11.3 Å². The number of hydrogen-bond donors (Lipinski definition) is 1. The van der Waals surface area contributed by atoms with Crippen LogP contribution < -0.4 is 5.32 Å². The SMILES string of the molecule is COCCNc1c(-c2cn(S(=O)(=O)c3ccc(C)cc3)c3ccccc23)nc2ccc(C(=O)OC)cn12. The van der Waals surface area contributed by atoms with Gasteiger partial charge >= 0.3 is 5.97 Å². The number of nitrogens with one attached hydrogen (secondary N) is 1. The Bertz CT molecular complexity index is 1720. The molecule has 9 nitrogen and oxygen atoms in total. The largest absolute Gasteiger partial charge is 0.465 e. The molecule has 0 fully saturated rings. The van der Waals surface area contributed by atoms with Gasteiger partial charge in [0.15, 0.2) is 0 Å². The van der Waals surface area contributed by atoms with E-state index in [1.165, 1.54) is 11.1 Å². The highest BCUT2D eigenvalue weighted by Gasteiger charge is 2.25. The van der Waals surface area contributed by atoms with Gasteiger partial charge in [0.1, 0.15) is 17.2 Å². The fraction of sp³-hybridized carbons (Fsp3) is 0.185. The van der Waals surface area contributed by atoms with Crippen LogP contribution in [0.25, 0.3) is 27.8 Å². The summed E-state index contributed by atoms with van der Waals surface area (Å²) in [7, 11) is -0.941. The predicted molar refractivity (Wildman–Crippen MR) is 142 cm³/mol. The number of carbonyl (C=O) groups excluding carboxylic acids is 1. The van der Waals surface area contributed by atoms with E-state index >= 15 is 0 Å². The van der Waals surface area contributed by atoms with Crippen molar-refractivity contribution in [3.63, 3.8) is 0 Å². The summed E-state index contributed by atoms with van der Waals surface area (Å²) in [5, 5.41) is 4.06. The maximum Gasteiger partial charge on any atom is 0.339 e.